The highest BCUT2D eigenvalue weighted by Gasteiger charge is 2.25. The molecule has 0 radical (unpaired) electrons. The molecule has 0 spiro atoms. The van der Waals surface area contributed by atoms with Crippen molar-refractivity contribution in [2.45, 2.75) is 39.2 Å². The summed E-state index contributed by atoms with van der Waals surface area (Å²) >= 11 is 6.34. The van der Waals surface area contributed by atoms with E-state index in [4.69, 9.17) is 17.3 Å². The van der Waals surface area contributed by atoms with Gasteiger partial charge < -0.3 is 10.6 Å². The van der Waals surface area contributed by atoms with Crippen LogP contribution >= 0.6 is 11.6 Å². The Morgan fingerprint density at radius 2 is 2.17 bits per heavy atom. The quantitative estimate of drug-likeness (QED) is 0.854. The Morgan fingerprint density at radius 3 is 2.72 bits per heavy atom. The van der Waals surface area contributed by atoms with E-state index in [-0.39, 0.29) is 6.04 Å². The van der Waals surface area contributed by atoms with Crippen molar-refractivity contribution in [2.75, 3.05) is 18.0 Å². The van der Waals surface area contributed by atoms with Gasteiger partial charge in [0.25, 0.3) is 0 Å². The second kappa shape index (κ2) is 5.94. The molecule has 1 unspecified atom stereocenters. The van der Waals surface area contributed by atoms with Crippen molar-refractivity contribution in [3.8, 4) is 0 Å². The first-order chi connectivity index (χ1) is 8.61. The molecule has 1 aliphatic carbocycles. The van der Waals surface area contributed by atoms with Crippen LogP contribution in [0.3, 0.4) is 0 Å². The maximum absolute atomic E-state index is 6.34. The SMILES string of the molecule is CCN(CC1CC1)c1cccc(Cl)c1CC(C)N. The van der Waals surface area contributed by atoms with Crippen molar-refractivity contribution in [2.24, 2.45) is 11.7 Å². The molecule has 2 rings (SSSR count). The third kappa shape index (κ3) is 3.39. The van der Waals surface area contributed by atoms with Crippen molar-refractivity contribution >= 4 is 17.3 Å². The van der Waals surface area contributed by atoms with E-state index < -0.39 is 0 Å². The van der Waals surface area contributed by atoms with Crippen LogP contribution in [0.25, 0.3) is 0 Å². The van der Waals surface area contributed by atoms with Crippen LogP contribution < -0.4 is 10.6 Å². The number of rotatable bonds is 6. The molecule has 1 atom stereocenters. The summed E-state index contributed by atoms with van der Waals surface area (Å²) in [5.74, 6) is 0.882. The molecule has 0 bridgehead atoms. The Morgan fingerprint density at radius 1 is 1.44 bits per heavy atom. The molecule has 2 N–H and O–H groups in total. The molecular formula is C15H23ClN2. The molecule has 0 aliphatic heterocycles. The van der Waals surface area contributed by atoms with Gasteiger partial charge in [-0.3, -0.25) is 0 Å². The summed E-state index contributed by atoms with van der Waals surface area (Å²) in [7, 11) is 0. The van der Waals surface area contributed by atoms with Gasteiger partial charge in [0, 0.05) is 29.8 Å². The van der Waals surface area contributed by atoms with E-state index in [0.717, 1.165) is 30.5 Å². The van der Waals surface area contributed by atoms with Gasteiger partial charge >= 0.3 is 0 Å². The fourth-order valence-electron chi connectivity index (χ4n) is 2.38. The summed E-state index contributed by atoms with van der Waals surface area (Å²) in [5, 5.41) is 0.846. The maximum Gasteiger partial charge on any atom is 0.0459 e. The molecule has 100 valence electrons. The Labute approximate surface area is 115 Å². The van der Waals surface area contributed by atoms with Crippen molar-refractivity contribution in [3.63, 3.8) is 0 Å². The molecule has 1 aromatic carbocycles. The van der Waals surface area contributed by atoms with E-state index in [2.05, 4.69) is 17.9 Å². The number of hydrogen-bond donors (Lipinski definition) is 1. The zero-order chi connectivity index (χ0) is 13.1. The van der Waals surface area contributed by atoms with Gasteiger partial charge in [-0.1, -0.05) is 17.7 Å². The van der Waals surface area contributed by atoms with Gasteiger partial charge in [0.1, 0.15) is 0 Å². The topological polar surface area (TPSA) is 29.3 Å². The van der Waals surface area contributed by atoms with Gasteiger partial charge in [-0.2, -0.15) is 0 Å². The van der Waals surface area contributed by atoms with Crippen LogP contribution in [0, 0.1) is 5.92 Å². The molecule has 0 aromatic heterocycles. The lowest BCUT2D eigenvalue weighted by Crippen LogP contribution is -2.28. The lowest BCUT2D eigenvalue weighted by atomic mass is 10.0. The smallest absolute Gasteiger partial charge is 0.0459 e. The Bertz CT molecular complexity index is 399. The van der Waals surface area contributed by atoms with Crippen LogP contribution in [0.2, 0.25) is 5.02 Å². The predicted octanol–water partition coefficient (Wildman–Crippen LogP) is 3.47. The molecule has 1 aromatic rings. The number of halogens is 1. The van der Waals surface area contributed by atoms with E-state index in [1.807, 2.05) is 19.1 Å². The van der Waals surface area contributed by atoms with E-state index in [1.54, 1.807) is 0 Å². The largest absolute Gasteiger partial charge is 0.371 e. The summed E-state index contributed by atoms with van der Waals surface area (Å²) in [4.78, 5) is 2.45. The highest BCUT2D eigenvalue weighted by molar-refractivity contribution is 6.31. The standard InChI is InChI=1S/C15H23ClN2/c1-3-18(10-12-7-8-12)15-6-4-5-14(16)13(15)9-11(2)17/h4-6,11-12H,3,7-10,17H2,1-2H3. The van der Waals surface area contributed by atoms with Crippen LogP contribution in [0.5, 0.6) is 0 Å². The van der Waals surface area contributed by atoms with E-state index in [1.165, 1.54) is 24.1 Å². The number of hydrogen-bond acceptors (Lipinski definition) is 2. The first-order valence-electron chi connectivity index (χ1n) is 6.89. The summed E-state index contributed by atoms with van der Waals surface area (Å²) in [6, 6.07) is 6.32. The summed E-state index contributed by atoms with van der Waals surface area (Å²) in [6.45, 7) is 6.43. The Hall–Kier alpha value is -0.730. The van der Waals surface area contributed by atoms with Crippen LogP contribution in [-0.4, -0.2) is 19.1 Å². The average Bonchev–Trinajstić information content (AvgIpc) is 3.12. The number of anilines is 1. The fraction of sp³-hybridized carbons (Fsp3) is 0.600. The predicted molar refractivity (Wildman–Crippen MR) is 79.4 cm³/mol. The summed E-state index contributed by atoms with van der Waals surface area (Å²) in [5.41, 5.74) is 8.42. The van der Waals surface area contributed by atoms with Crippen LogP contribution in [0.1, 0.15) is 32.3 Å². The van der Waals surface area contributed by atoms with Gasteiger partial charge in [0.05, 0.1) is 0 Å². The maximum atomic E-state index is 6.34. The molecule has 2 nitrogen and oxygen atoms in total. The van der Waals surface area contributed by atoms with Crippen molar-refractivity contribution < 1.29 is 0 Å². The first-order valence-corrected chi connectivity index (χ1v) is 7.27. The summed E-state index contributed by atoms with van der Waals surface area (Å²) in [6.07, 6.45) is 3.59. The van der Waals surface area contributed by atoms with Crippen LogP contribution in [-0.2, 0) is 6.42 Å². The van der Waals surface area contributed by atoms with E-state index in [9.17, 15) is 0 Å². The van der Waals surface area contributed by atoms with E-state index in [0.29, 0.717) is 0 Å². The highest BCUT2D eigenvalue weighted by atomic mass is 35.5. The van der Waals surface area contributed by atoms with Crippen molar-refractivity contribution in [1.82, 2.24) is 0 Å². The first kappa shape index (κ1) is 13.7. The molecule has 0 heterocycles. The average molecular weight is 267 g/mol. The minimum absolute atomic E-state index is 0.142. The van der Waals surface area contributed by atoms with Gasteiger partial charge in [0.2, 0.25) is 0 Å². The molecule has 1 fully saturated rings. The zero-order valence-corrected chi connectivity index (χ0v) is 12.1. The number of nitrogens with two attached hydrogens (primary N) is 1. The monoisotopic (exact) mass is 266 g/mol. The van der Waals surface area contributed by atoms with Gasteiger partial charge in [-0.15, -0.1) is 0 Å². The second-order valence-corrected chi connectivity index (χ2v) is 5.81. The molecule has 18 heavy (non-hydrogen) atoms. The van der Waals surface area contributed by atoms with Crippen molar-refractivity contribution in [3.05, 3.63) is 28.8 Å². The highest BCUT2D eigenvalue weighted by Crippen LogP contribution is 2.34. The van der Waals surface area contributed by atoms with Crippen LogP contribution in [0.4, 0.5) is 5.69 Å². The molecule has 1 saturated carbocycles. The molecule has 0 saturated heterocycles. The normalized spacial score (nSPS) is 16.7. The molecule has 0 amide bonds. The number of benzene rings is 1. The lowest BCUT2D eigenvalue weighted by molar-refractivity contribution is 0.713. The van der Waals surface area contributed by atoms with Gasteiger partial charge in [0.15, 0.2) is 0 Å². The third-order valence-electron chi connectivity index (χ3n) is 3.52. The van der Waals surface area contributed by atoms with E-state index >= 15 is 0 Å². The number of nitrogens with zero attached hydrogens (tertiary/aromatic N) is 1. The lowest BCUT2D eigenvalue weighted by Gasteiger charge is -2.27. The van der Waals surface area contributed by atoms with Gasteiger partial charge in [-0.05, 0) is 56.7 Å². The zero-order valence-electron chi connectivity index (χ0n) is 11.3. The third-order valence-corrected chi connectivity index (χ3v) is 3.87. The molecule has 1 aliphatic rings. The second-order valence-electron chi connectivity index (χ2n) is 5.40. The fourth-order valence-corrected chi connectivity index (χ4v) is 2.62. The minimum atomic E-state index is 0.142. The van der Waals surface area contributed by atoms with Crippen molar-refractivity contribution in [1.29, 1.82) is 0 Å². The summed E-state index contributed by atoms with van der Waals surface area (Å²) < 4.78 is 0. The Kier molecular flexibility index (Phi) is 4.52. The minimum Gasteiger partial charge on any atom is -0.371 e. The van der Waals surface area contributed by atoms with Crippen LogP contribution in [0.15, 0.2) is 18.2 Å². The molecule has 3 heteroatoms. The Balaban J connectivity index is 2.25. The molecular weight excluding hydrogens is 244 g/mol. The van der Waals surface area contributed by atoms with Gasteiger partial charge in [-0.25, -0.2) is 0 Å².